The summed E-state index contributed by atoms with van der Waals surface area (Å²) in [5.41, 5.74) is 1.67. The summed E-state index contributed by atoms with van der Waals surface area (Å²) >= 11 is 0. The highest BCUT2D eigenvalue weighted by Gasteiger charge is 2.55. The average Bonchev–Trinajstić information content (AvgIpc) is 2.80. The van der Waals surface area contributed by atoms with Gasteiger partial charge in [0.2, 0.25) is 0 Å². The van der Waals surface area contributed by atoms with E-state index in [0.29, 0.717) is 17.1 Å². The first kappa shape index (κ1) is 11.1. The second-order valence-electron chi connectivity index (χ2n) is 6.61. The maximum atomic E-state index is 10.0. The first-order chi connectivity index (χ1) is 8.01. The molecule has 0 aliphatic heterocycles. The standard InChI is InChI=1S/C16H22O/c1-10-13-8-11(16(10,2)3)9-14(13)12-6-4-5-7-15(12)17/h4-7,10-11,13-14,17H,8-9H2,1-3H3/t10-,11-,13-,14-/m1/s1. The van der Waals surface area contributed by atoms with Crippen molar-refractivity contribution in [3.8, 4) is 5.75 Å². The lowest BCUT2D eigenvalue weighted by Gasteiger charge is -2.40. The fraction of sp³-hybridized carbons (Fsp3) is 0.625. The van der Waals surface area contributed by atoms with E-state index in [9.17, 15) is 5.11 Å². The molecule has 2 saturated carbocycles. The average molecular weight is 230 g/mol. The van der Waals surface area contributed by atoms with E-state index >= 15 is 0 Å². The van der Waals surface area contributed by atoms with Gasteiger partial charge >= 0.3 is 0 Å². The van der Waals surface area contributed by atoms with Crippen LogP contribution in [0.15, 0.2) is 24.3 Å². The monoisotopic (exact) mass is 230 g/mol. The summed E-state index contributed by atoms with van der Waals surface area (Å²) in [5, 5.41) is 10.0. The second kappa shape index (κ2) is 3.51. The van der Waals surface area contributed by atoms with E-state index in [0.717, 1.165) is 17.8 Å². The van der Waals surface area contributed by atoms with Crippen LogP contribution in [0.1, 0.15) is 45.1 Å². The number of benzene rings is 1. The Hall–Kier alpha value is -0.980. The van der Waals surface area contributed by atoms with Gasteiger partial charge in [0, 0.05) is 0 Å². The highest BCUT2D eigenvalue weighted by atomic mass is 16.3. The van der Waals surface area contributed by atoms with E-state index in [4.69, 9.17) is 0 Å². The van der Waals surface area contributed by atoms with Crippen LogP contribution in [0.2, 0.25) is 0 Å². The second-order valence-corrected chi connectivity index (χ2v) is 6.61. The molecule has 0 unspecified atom stereocenters. The van der Waals surface area contributed by atoms with Crippen molar-refractivity contribution in [1.29, 1.82) is 0 Å². The van der Waals surface area contributed by atoms with Gasteiger partial charge in [0.15, 0.2) is 0 Å². The topological polar surface area (TPSA) is 20.2 Å². The Morgan fingerprint density at radius 3 is 2.47 bits per heavy atom. The van der Waals surface area contributed by atoms with Gasteiger partial charge in [-0.05, 0) is 53.6 Å². The van der Waals surface area contributed by atoms with Gasteiger partial charge in [0.05, 0.1) is 0 Å². The third kappa shape index (κ3) is 1.44. The maximum absolute atomic E-state index is 10.0. The molecule has 1 aromatic carbocycles. The zero-order valence-corrected chi connectivity index (χ0v) is 11.0. The molecule has 4 atom stereocenters. The number of phenols is 1. The van der Waals surface area contributed by atoms with E-state index < -0.39 is 0 Å². The summed E-state index contributed by atoms with van der Waals surface area (Å²) in [6.07, 6.45) is 2.62. The Kier molecular flexibility index (Phi) is 2.30. The molecule has 0 heterocycles. The van der Waals surface area contributed by atoms with Crippen LogP contribution < -0.4 is 0 Å². The number of para-hydroxylation sites is 1. The molecule has 1 nitrogen and oxygen atoms in total. The lowest BCUT2D eigenvalue weighted by molar-refractivity contribution is 0.121. The van der Waals surface area contributed by atoms with E-state index in [1.807, 2.05) is 12.1 Å². The predicted molar refractivity (Wildman–Crippen MR) is 70.0 cm³/mol. The molecule has 2 fully saturated rings. The minimum absolute atomic E-state index is 0.492. The summed E-state index contributed by atoms with van der Waals surface area (Å²) in [7, 11) is 0. The minimum Gasteiger partial charge on any atom is -0.508 e. The molecule has 92 valence electrons. The van der Waals surface area contributed by atoms with Gasteiger partial charge in [-0.2, -0.15) is 0 Å². The van der Waals surface area contributed by atoms with Gasteiger partial charge in [-0.15, -0.1) is 0 Å². The fourth-order valence-corrected chi connectivity index (χ4v) is 4.31. The van der Waals surface area contributed by atoms with Crippen LogP contribution in [-0.2, 0) is 0 Å². The van der Waals surface area contributed by atoms with E-state index in [2.05, 4.69) is 32.9 Å². The van der Waals surface area contributed by atoms with Crippen molar-refractivity contribution in [3.63, 3.8) is 0 Å². The number of phenolic OH excluding ortho intramolecular Hbond substituents is 1. The molecule has 1 N–H and O–H groups in total. The van der Waals surface area contributed by atoms with Crippen molar-refractivity contribution in [3.05, 3.63) is 29.8 Å². The number of rotatable bonds is 1. The highest BCUT2D eigenvalue weighted by molar-refractivity contribution is 5.37. The molecule has 2 aliphatic carbocycles. The SMILES string of the molecule is C[C@@H]1[C@H]2C[C@H](C[C@@H]2c2ccccc2O)C1(C)C. The zero-order chi connectivity index (χ0) is 12.2. The Morgan fingerprint density at radius 2 is 1.88 bits per heavy atom. The van der Waals surface area contributed by atoms with E-state index in [1.165, 1.54) is 18.4 Å². The largest absolute Gasteiger partial charge is 0.508 e. The van der Waals surface area contributed by atoms with Gasteiger partial charge in [-0.1, -0.05) is 39.0 Å². The summed E-state index contributed by atoms with van der Waals surface area (Å²) in [4.78, 5) is 0. The van der Waals surface area contributed by atoms with E-state index in [-0.39, 0.29) is 0 Å². The zero-order valence-electron chi connectivity index (χ0n) is 11.0. The summed E-state index contributed by atoms with van der Waals surface area (Å²) in [6.45, 7) is 7.24. The molecule has 17 heavy (non-hydrogen) atoms. The molecular weight excluding hydrogens is 208 g/mol. The van der Waals surface area contributed by atoms with Crippen molar-refractivity contribution in [2.75, 3.05) is 0 Å². The first-order valence-corrected chi connectivity index (χ1v) is 6.79. The Bertz CT molecular complexity index is 431. The molecule has 0 radical (unpaired) electrons. The molecule has 1 heteroatoms. The van der Waals surface area contributed by atoms with Crippen LogP contribution in [0.5, 0.6) is 5.75 Å². The maximum Gasteiger partial charge on any atom is 0.119 e. The molecule has 0 spiro atoms. The molecular formula is C16H22O. The lowest BCUT2D eigenvalue weighted by atomic mass is 9.65. The highest BCUT2D eigenvalue weighted by Crippen LogP contribution is 2.64. The third-order valence-corrected chi connectivity index (χ3v) is 5.82. The van der Waals surface area contributed by atoms with Crippen LogP contribution in [0.25, 0.3) is 0 Å². The molecule has 0 aromatic heterocycles. The molecule has 0 amide bonds. The van der Waals surface area contributed by atoms with Gasteiger partial charge < -0.3 is 5.11 Å². The molecule has 2 bridgehead atoms. The quantitative estimate of drug-likeness (QED) is 0.767. The number of fused-ring (bicyclic) bond motifs is 2. The predicted octanol–water partition coefficient (Wildman–Crippen LogP) is 4.18. The number of aromatic hydroxyl groups is 1. The van der Waals surface area contributed by atoms with Crippen LogP contribution >= 0.6 is 0 Å². The molecule has 0 saturated heterocycles. The fourth-order valence-electron chi connectivity index (χ4n) is 4.31. The van der Waals surface area contributed by atoms with Crippen molar-refractivity contribution < 1.29 is 5.11 Å². The Morgan fingerprint density at radius 1 is 1.18 bits per heavy atom. The van der Waals surface area contributed by atoms with Gasteiger partial charge in [-0.3, -0.25) is 0 Å². The van der Waals surface area contributed by atoms with Crippen molar-refractivity contribution in [2.45, 2.75) is 39.5 Å². The summed E-state index contributed by atoms with van der Waals surface area (Å²) in [5.74, 6) is 3.46. The number of hydrogen-bond donors (Lipinski definition) is 1. The first-order valence-electron chi connectivity index (χ1n) is 6.79. The third-order valence-electron chi connectivity index (χ3n) is 5.82. The normalized spacial score (nSPS) is 38.5. The van der Waals surface area contributed by atoms with Gasteiger partial charge in [0.1, 0.15) is 5.75 Å². The van der Waals surface area contributed by atoms with Crippen molar-refractivity contribution in [1.82, 2.24) is 0 Å². The van der Waals surface area contributed by atoms with Crippen LogP contribution in [-0.4, -0.2) is 5.11 Å². The van der Waals surface area contributed by atoms with Crippen LogP contribution in [0.4, 0.5) is 0 Å². The molecule has 2 aliphatic rings. The van der Waals surface area contributed by atoms with Crippen molar-refractivity contribution >= 4 is 0 Å². The smallest absolute Gasteiger partial charge is 0.119 e. The van der Waals surface area contributed by atoms with E-state index in [1.54, 1.807) is 0 Å². The summed E-state index contributed by atoms with van der Waals surface area (Å²) < 4.78 is 0. The van der Waals surface area contributed by atoms with Crippen molar-refractivity contribution in [2.24, 2.45) is 23.2 Å². The van der Waals surface area contributed by atoms with Crippen LogP contribution in [0.3, 0.4) is 0 Å². The number of hydrogen-bond acceptors (Lipinski definition) is 1. The van der Waals surface area contributed by atoms with Crippen LogP contribution in [0, 0.1) is 23.2 Å². The minimum atomic E-state index is 0.492. The van der Waals surface area contributed by atoms with Gasteiger partial charge in [0.25, 0.3) is 0 Å². The Balaban J connectivity index is 1.93. The lowest BCUT2D eigenvalue weighted by Crippen LogP contribution is -2.32. The Labute approximate surface area is 104 Å². The molecule has 1 aromatic rings. The molecule has 3 rings (SSSR count). The van der Waals surface area contributed by atoms with Gasteiger partial charge in [-0.25, -0.2) is 0 Å². The summed E-state index contributed by atoms with van der Waals surface area (Å²) in [6, 6.07) is 7.91.